The zero-order valence-corrected chi connectivity index (χ0v) is 50.5. The quantitative estimate of drug-likeness (QED) is 0.0788. The van der Waals surface area contributed by atoms with Crippen LogP contribution in [0.3, 0.4) is 0 Å². The molecule has 13 N–H and O–H groups in total. The lowest BCUT2D eigenvalue weighted by atomic mass is 9.98. The van der Waals surface area contributed by atoms with E-state index >= 15 is 4.79 Å². The summed E-state index contributed by atoms with van der Waals surface area (Å²) in [6.07, 6.45) is 2.63. The summed E-state index contributed by atoms with van der Waals surface area (Å²) in [7, 11) is 0. The Morgan fingerprint density at radius 1 is 0.452 bits per heavy atom. The first-order valence-corrected chi connectivity index (χ1v) is 30.2. The number of nitrogens with zero attached hydrogens (tertiary/aromatic N) is 3. The number of carbonyl (C=O) groups excluding carboxylic acids is 10. The van der Waals surface area contributed by atoms with Gasteiger partial charge >= 0.3 is 0 Å². The van der Waals surface area contributed by atoms with Gasteiger partial charge in [0, 0.05) is 25.9 Å². The summed E-state index contributed by atoms with van der Waals surface area (Å²) < 4.78 is 0. The van der Waals surface area contributed by atoms with Crippen LogP contribution in [0.2, 0.25) is 0 Å². The molecule has 3 saturated heterocycles. The van der Waals surface area contributed by atoms with E-state index in [1.807, 2.05) is 33.8 Å². The molecule has 0 unspecified atom stereocenters. The molecule has 3 aliphatic rings. The zero-order valence-electron chi connectivity index (χ0n) is 50.5. The number of fused-ring (bicyclic) bond motifs is 2. The number of carbonyl (C=O) groups is 10. The van der Waals surface area contributed by atoms with E-state index in [4.69, 9.17) is 17.3 Å². The molecule has 3 heterocycles. The van der Waals surface area contributed by atoms with Crippen LogP contribution in [0.25, 0.3) is 0 Å². The maximum atomic E-state index is 15.1. The Morgan fingerprint density at radius 2 is 0.857 bits per heavy atom. The highest BCUT2D eigenvalue weighted by atomic mass is 16.2. The van der Waals surface area contributed by atoms with Crippen molar-refractivity contribution >= 4 is 59.1 Å². The lowest BCUT2D eigenvalue weighted by Gasteiger charge is -2.35. The smallest absolute Gasteiger partial charge is 0.259 e. The number of hydrogen-bond donors (Lipinski definition) is 10. The highest BCUT2D eigenvalue weighted by Crippen LogP contribution is 2.25. The van der Waals surface area contributed by atoms with Gasteiger partial charge in [0.25, 0.3) is 5.91 Å². The molecule has 0 spiro atoms. The maximum Gasteiger partial charge on any atom is 0.259 e. The summed E-state index contributed by atoms with van der Waals surface area (Å²) in [5.74, 6) is -1.16. The number of hydrogen-bond acceptors (Lipinski definition) is 13. The van der Waals surface area contributed by atoms with Crippen molar-refractivity contribution in [3.05, 3.63) is 71.8 Å². The Kier molecular flexibility index (Phi) is 26.6. The van der Waals surface area contributed by atoms with Crippen molar-refractivity contribution in [1.82, 2.24) is 52.0 Å². The predicted octanol–water partition coefficient (Wildman–Crippen LogP) is 1.20. The third kappa shape index (κ3) is 19.3. The standard InChI is InChI=1S/C61H95N13O10/c1-36(2)27-28-44-54(77)69-46(34-40-19-11-9-12-20-40)59(82)72-31-17-25-47(72)55(78)70-50(38(5)6)58(81)67-43(24-16-30-63)53(76)68-45(33-37(3)4)60(83)74(64)49(35-41-21-13-10-14-22-41)61(84)73-32-18-26-48(73)56(79)71-51(39(7)8)57(80)66-42(23-15-29-62)52(75)65-44/h9-14,19-22,36-39,42-51H,15-18,23-35,62-64H2,1-8H3,(H,65,75)(H,66,80)(H,67,81)(H,68,76)(H,69,77)(H,70,78)(H,71,79)/t42-,43-,44-,45-,46+,47-,48-,49+,50-,51-/m0/s1. The average molecular weight is 1170 g/mol. The second kappa shape index (κ2) is 32.9. The van der Waals surface area contributed by atoms with Crippen LogP contribution in [0.5, 0.6) is 0 Å². The van der Waals surface area contributed by atoms with Gasteiger partial charge in [0.05, 0.1) is 0 Å². The molecule has 0 radical (unpaired) electrons. The van der Waals surface area contributed by atoms with E-state index in [0.29, 0.717) is 36.8 Å². The lowest BCUT2D eigenvalue weighted by molar-refractivity contribution is -0.150. The molecule has 23 nitrogen and oxygen atoms in total. The Balaban J connectivity index is 1.61. The first kappa shape index (κ1) is 67.8. The molecule has 2 aromatic carbocycles. The van der Waals surface area contributed by atoms with Crippen LogP contribution in [0, 0.1) is 23.7 Å². The summed E-state index contributed by atoms with van der Waals surface area (Å²) in [6, 6.07) is 5.71. The van der Waals surface area contributed by atoms with Crippen LogP contribution in [-0.2, 0) is 60.8 Å². The number of rotatable bonds is 17. The molecule has 0 bridgehead atoms. The van der Waals surface area contributed by atoms with Gasteiger partial charge in [-0.1, -0.05) is 116 Å². The summed E-state index contributed by atoms with van der Waals surface area (Å²) in [4.78, 5) is 149. The third-order valence-electron chi connectivity index (χ3n) is 15.9. The third-order valence-corrected chi connectivity index (χ3v) is 15.9. The molecule has 0 saturated carbocycles. The van der Waals surface area contributed by atoms with Crippen LogP contribution in [0.4, 0.5) is 0 Å². The van der Waals surface area contributed by atoms with Crippen LogP contribution in [0.1, 0.15) is 137 Å². The van der Waals surface area contributed by atoms with E-state index in [-0.39, 0.29) is 95.8 Å². The molecule has 0 aromatic heterocycles. The van der Waals surface area contributed by atoms with Crippen molar-refractivity contribution in [2.75, 3.05) is 26.2 Å². The Hall–Kier alpha value is -6.98. The van der Waals surface area contributed by atoms with Crippen LogP contribution >= 0.6 is 0 Å². The lowest BCUT2D eigenvalue weighted by Crippen LogP contribution is -2.63. The van der Waals surface area contributed by atoms with Crippen LogP contribution < -0.4 is 54.5 Å². The molecular weight excluding hydrogens is 1070 g/mol. The van der Waals surface area contributed by atoms with Gasteiger partial charge in [-0.2, -0.15) is 0 Å². The highest BCUT2D eigenvalue weighted by molar-refractivity contribution is 6.00. The minimum atomic E-state index is -1.39. The Morgan fingerprint density at radius 3 is 1.29 bits per heavy atom. The van der Waals surface area contributed by atoms with Gasteiger partial charge in [-0.05, 0) is 119 Å². The number of nitrogens with two attached hydrogens (primary N) is 3. The fourth-order valence-electron chi connectivity index (χ4n) is 11.1. The van der Waals surface area contributed by atoms with Gasteiger partial charge in [-0.15, -0.1) is 0 Å². The topological polar surface area (TPSA) is 343 Å². The van der Waals surface area contributed by atoms with Crippen molar-refractivity contribution in [2.45, 2.75) is 199 Å². The monoisotopic (exact) mass is 1170 g/mol. The molecule has 10 amide bonds. The minimum Gasteiger partial charge on any atom is -0.343 e. The molecule has 84 heavy (non-hydrogen) atoms. The largest absolute Gasteiger partial charge is 0.343 e. The van der Waals surface area contributed by atoms with Crippen molar-refractivity contribution in [3.8, 4) is 0 Å². The predicted molar refractivity (Wildman–Crippen MR) is 318 cm³/mol. The molecule has 23 heteroatoms. The van der Waals surface area contributed by atoms with E-state index in [0.717, 1.165) is 5.01 Å². The van der Waals surface area contributed by atoms with Gasteiger partial charge in [-0.3, -0.25) is 53.0 Å². The molecule has 464 valence electrons. The van der Waals surface area contributed by atoms with E-state index in [9.17, 15) is 43.2 Å². The van der Waals surface area contributed by atoms with Crippen LogP contribution in [-0.4, -0.2) is 160 Å². The summed E-state index contributed by atoms with van der Waals surface area (Å²) >= 11 is 0. The van der Waals surface area contributed by atoms with Crippen molar-refractivity contribution in [3.63, 3.8) is 0 Å². The molecule has 2 aromatic rings. The molecule has 5 rings (SSSR count). The van der Waals surface area contributed by atoms with E-state index in [1.165, 1.54) is 9.80 Å². The number of hydrazine groups is 1. The minimum absolute atomic E-state index is 0.0237. The molecule has 3 aliphatic heterocycles. The Bertz CT molecular complexity index is 2550. The van der Waals surface area contributed by atoms with E-state index < -0.39 is 131 Å². The van der Waals surface area contributed by atoms with Gasteiger partial charge in [0.15, 0.2) is 0 Å². The molecule has 10 atom stereocenters. The molecule has 3 fully saturated rings. The first-order valence-electron chi connectivity index (χ1n) is 30.2. The second-order valence-corrected chi connectivity index (χ2v) is 24.2. The van der Waals surface area contributed by atoms with E-state index in [2.05, 4.69) is 37.2 Å². The average Bonchev–Trinajstić information content (AvgIpc) is 3.26. The van der Waals surface area contributed by atoms with Gasteiger partial charge in [-0.25, -0.2) is 5.84 Å². The summed E-state index contributed by atoms with van der Waals surface area (Å²) in [6.45, 7) is 15.1. The Labute approximate surface area is 495 Å². The number of nitrogens with one attached hydrogen (secondary N) is 7. The highest BCUT2D eigenvalue weighted by Gasteiger charge is 2.44. The normalized spacial score (nSPS) is 26.3. The fraction of sp³-hybridized carbons (Fsp3) is 0.639. The number of amides is 10. The second-order valence-electron chi connectivity index (χ2n) is 24.2. The van der Waals surface area contributed by atoms with E-state index in [1.54, 1.807) is 82.3 Å². The maximum absolute atomic E-state index is 15.1. The fourth-order valence-corrected chi connectivity index (χ4v) is 11.1. The molecular formula is C61H95N13O10. The van der Waals surface area contributed by atoms with Crippen LogP contribution in [0.15, 0.2) is 60.7 Å². The number of benzene rings is 2. The van der Waals surface area contributed by atoms with Gasteiger partial charge in [0.1, 0.15) is 60.4 Å². The van der Waals surface area contributed by atoms with Crippen molar-refractivity contribution in [2.24, 2.45) is 41.0 Å². The summed E-state index contributed by atoms with van der Waals surface area (Å²) in [5, 5.41) is 20.7. The van der Waals surface area contributed by atoms with Crippen molar-refractivity contribution in [1.29, 1.82) is 0 Å². The van der Waals surface area contributed by atoms with Gasteiger partial charge < -0.3 is 58.5 Å². The first-order chi connectivity index (χ1) is 39.9. The zero-order chi connectivity index (χ0) is 61.8. The van der Waals surface area contributed by atoms with Gasteiger partial charge in [0.2, 0.25) is 53.2 Å². The summed E-state index contributed by atoms with van der Waals surface area (Å²) in [5.41, 5.74) is 13.2. The SMILES string of the molecule is CC(C)CC[C@@H]1NC(=O)[C@H](CCCN)NC(=O)[C@H](C(C)C)NC(=O)[C@@H]2CCCN2C(=O)[C@@H](Cc2ccccc2)N(N)C(=O)[C@H](CC(C)C)NC(=O)[C@H](CCCN)NC(=O)[C@H](C(C)C)NC(=O)[C@@H]2CCCN2C(=O)[C@@H](Cc2ccccc2)NC1=O. The molecule has 0 aliphatic carbocycles. The van der Waals surface area contributed by atoms with Crippen molar-refractivity contribution < 1.29 is 47.9 Å².